The molecule has 1 fully saturated rings. The molecule has 5 heteroatoms. The number of rotatable bonds is 3. The molecular formula is C14H19N3O2. The minimum Gasteiger partial charge on any atom is -0.481 e. The van der Waals surface area contributed by atoms with Crippen LogP contribution in [0.5, 0.6) is 0 Å². The van der Waals surface area contributed by atoms with E-state index in [4.69, 9.17) is 5.11 Å². The Bertz CT molecular complexity index is 497. The Morgan fingerprint density at radius 2 is 2.11 bits per heavy atom. The Hall–Kier alpha value is -1.65. The molecule has 2 aliphatic rings. The Morgan fingerprint density at radius 1 is 1.37 bits per heavy atom. The van der Waals surface area contributed by atoms with Crippen LogP contribution in [-0.4, -0.2) is 34.1 Å². The normalized spacial score (nSPS) is 20.6. The summed E-state index contributed by atoms with van der Waals surface area (Å²) >= 11 is 0. The fraction of sp³-hybridized carbons (Fsp3) is 0.643. The van der Waals surface area contributed by atoms with E-state index in [0.717, 1.165) is 31.7 Å². The molecule has 1 unspecified atom stereocenters. The van der Waals surface area contributed by atoms with Crippen LogP contribution in [0.2, 0.25) is 0 Å². The van der Waals surface area contributed by atoms with Crippen molar-refractivity contribution in [2.45, 2.75) is 32.6 Å². The number of carbonyl (C=O) groups is 1. The summed E-state index contributed by atoms with van der Waals surface area (Å²) in [5.74, 6) is 0.313. The highest BCUT2D eigenvalue weighted by Gasteiger charge is 2.36. The van der Waals surface area contributed by atoms with Crippen molar-refractivity contribution in [2.75, 3.05) is 18.0 Å². The van der Waals surface area contributed by atoms with E-state index in [0.29, 0.717) is 0 Å². The minimum absolute atomic E-state index is 0.242. The number of aryl methyl sites for hydroxylation is 1. The van der Waals surface area contributed by atoms with Crippen LogP contribution in [0, 0.1) is 11.8 Å². The maximum atomic E-state index is 11.0. The summed E-state index contributed by atoms with van der Waals surface area (Å²) in [6, 6.07) is 0. The molecule has 102 valence electrons. The van der Waals surface area contributed by atoms with Crippen LogP contribution in [0.1, 0.15) is 31.0 Å². The van der Waals surface area contributed by atoms with Crippen molar-refractivity contribution in [1.82, 2.24) is 9.97 Å². The average molecular weight is 261 g/mol. The molecule has 5 nitrogen and oxygen atoms in total. The van der Waals surface area contributed by atoms with Crippen LogP contribution in [0.15, 0.2) is 6.33 Å². The lowest BCUT2D eigenvalue weighted by atomic mass is 9.86. The van der Waals surface area contributed by atoms with Gasteiger partial charge < -0.3 is 10.0 Å². The summed E-state index contributed by atoms with van der Waals surface area (Å²) in [6.07, 6.45) is 6.17. The lowest BCUT2D eigenvalue weighted by Crippen LogP contribution is -2.51. The second kappa shape index (κ2) is 4.79. The van der Waals surface area contributed by atoms with Gasteiger partial charge in [-0.05, 0) is 25.7 Å². The Balaban J connectivity index is 1.74. The van der Waals surface area contributed by atoms with Crippen molar-refractivity contribution in [3.63, 3.8) is 0 Å². The van der Waals surface area contributed by atoms with Crippen LogP contribution in [-0.2, 0) is 17.6 Å². The first kappa shape index (κ1) is 12.4. The van der Waals surface area contributed by atoms with E-state index in [-0.39, 0.29) is 11.8 Å². The summed E-state index contributed by atoms with van der Waals surface area (Å²) in [5, 5.41) is 9.02. The standard InChI is InChI=1S/C14H19N3O2/c1-9(14(18)19)10-6-17(7-10)13-11-4-2-3-5-12(11)15-8-16-13/h8-10H,2-7H2,1H3,(H,18,19). The smallest absolute Gasteiger partial charge is 0.306 e. The van der Waals surface area contributed by atoms with Gasteiger partial charge in [0.2, 0.25) is 0 Å². The Morgan fingerprint density at radius 3 is 2.84 bits per heavy atom. The second-order valence-corrected chi connectivity index (χ2v) is 5.62. The third-order valence-corrected chi connectivity index (χ3v) is 4.41. The van der Waals surface area contributed by atoms with Gasteiger partial charge in [0.25, 0.3) is 0 Å². The monoisotopic (exact) mass is 261 g/mol. The molecule has 2 heterocycles. The molecule has 0 radical (unpaired) electrons. The number of nitrogens with zero attached hydrogens (tertiary/aromatic N) is 3. The number of aromatic nitrogens is 2. The summed E-state index contributed by atoms with van der Waals surface area (Å²) in [4.78, 5) is 22.0. The van der Waals surface area contributed by atoms with Crippen molar-refractivity contribution in [3.8, 4) is 0 Å². The first-order chi connectivity index (χ1) is 9.16. The van der Waals surface area contributed by atoms with E-state index in [2.05, 4.69) is 14.9 Å². The van der Waals surface area contributed by atoms with Gasteiger partial charge in [-0.25, -0.2) is 9.97 Å². The first-order valence-corrected chi connectivity index (χ1v) is 6.97. The molecule has 1 aliphatic heterocycles. The minimum atomic E-state index is -0.700. The van der Waals surface area contributed by atoms with E-state index in [1.165, 1.54) is 24.1 Å². The molecule has 1 N–H and O–H groups in total. The molecule has 0 bridgehead atoms. The van der Waals surface area contributed by atoms with Crippen molar-refractivity contribution >= 4 is 11.8 Å². The lowest BCUT2D eigenvalue weighted by molar-refractivity contribution is -0.143. The van der Waals surface area contributed by atoms with Gasteiger partial charge in [0, 0.05) is 30.3 Å². The molecule has 0 aromatic carbocycles. The van der Waals surface area contributed by atoms with E-state index in [1.807, 2.05) is 0 Å². The molecule has 1 aromatic heterocycles. The predicted molar refractivity (Wildman–Crippen MR) is 71.2 cm³/mol. The summed E-state index contributed by atoms with van der Waals surface area (Å²) < 4.78 is 0. The molecule has 19 heavy (non-hydrogen) atoms. The third-order valence-electron chi connectivity index (χ3n) is 4.41. The predicted octanol–water partition coefficient (Wildman–Crippen LogP) is 1.51. The van der Waals surface area contributed by atoms with Gasteiger partial charge in [-0.1, -0.05) is 6.92 Å². The van der Waals surface area contributed by atoms with Crippen molar-refractivity contribution in [2.24, 2.45) is 11.8 Å². The van der Waals surface area contributed by atoms with Gasteiger partial charge in [0.15, 0.2) is 0 Å². The van der Waals surface area contributed by atoms with Crippen LogP contribution in [0.4, 0.5) is 5.82 Å². The largest absolute Gasteiger partial charge is 0.481 e. The highest BCUT2D eigenvalue weighted by atomic mass is 16.4. The molecular weight excluding hydrogens is 242 g/mol. The van der Waals surface area contributed by atoms with Crippen molar-refractivity contribution in [1.29, 1.82) is 0 Å². The first-order valence-electron chi connectivity index (χ1n) is 6.97. The van der Waals surface area contributed by atoms with Gasteiger partial charge in [0.1, 0.15) is 12.1 Å². The zero-order valence-corrected chi connectivity index (χ0v) is 11.2. The summed E-state index contributed by atoms with van der Waals surface area (Å²) in [5.41, 5.74) is 2.47. The van der Waals surface area contributed by atoms with Crippen molar-refractivity contribution < 1.29 is 9.90 Å². The molecule has 0 amide bonds. The lowest BCUT2D eigenvalue weighted by Gasteiger charge is -2.43. The van der Waals surface area contributed by atoms with Crippen molar-refractivity contribution in [3.05, 3.63) is 17.6 Å². The maximum Gasteiger partial charge on any atom is 0.306 e. The van der Waals surface area contributed by atoms with Crippen LogP contribution in [0.25, 0.3) is 0 Å². The van der Waals surface area contributed by atoms with Gasteiger partial charge >= 0.3 is 5.97 Å². The fourth-order valence-electron chi connectivity index (χ4n) is 2.98. The quantitative estimate of drug-likeness (QED) is 0.893. The number of carboxylic acids is 1. The second-order valence-electron chi connectivity index (χ2n) is 5.62. The van der Waals surface area contributed by atoms with Gasteiger partial charge in [-0.15, -0.1) is 0 Å². The van der Waals surface area contributed by atoms with Gasteiger partial charge in [-0.2, -0.15) is 0 Å². The van der Waals surface area contributed by atoms with Crippen LogP contribution >= 0.6 is 0 Å². The Kier molecular flexibility index (Phi) is 3.12. The van der Waals surface area contributed by atoms with Crippen LogP contribution < -0.4 is 4.90 Å². The zero-order chi connectivity index (χ0) is 13.4. The summed E-state index contributed by atoms with van der Waals surface area (Å²) in [7, 11) is 0. The molecule has 1 aromatic rings. The van der Waals surface area contributed by atoms with E-state index in [1.54, 1.807) is 13.3 Å². The maximum absolute atomic E-state index is 11.0. The molecule has 0 saturated carbocycles. The number of hydrogen-bond acceptors (Lipinski definition) is 4. The van der Waals surface area contributed by atoms with Gasteiger partial charge in [0.05, 0.1) is 5.92 Å². The number of hydrogen-bond donors (Lipinski definition) is 1. The average Bonchev–Trinajstić information content (AvgIpc) is 2.37. The highest BCUT2D eigenvalue weighted by molar-refractivity contribution is 5.70. The van der Waals surface area contributed by atoms with E-state index < -0.39 is 5.97 Å². The molecule has 0 spiro atoms. The number of carboxylic acid groups (broad SMARTS) is 1. The van der Waals surface area contributed by atoms with Crippen LogP contribution in [0.3, 0.4) is 0 Å². The fourth-order valence-corrected chi connectivity index (χ4v) is 2.98. The van der Waals surface area contributed by atoms with E-state index in [9.17, 15) is 4.79 Å². The molecule has 1 saturated heterocycles. The topological polar surface area (TPSA) is 66.3 Å². The third kappa shape index (κ3) is 2.17. The zero-order valence-electron chi connectivity index (χ0n) is 11.2. The SMILES string of the molecule is CC(C(=O)O)C1CN(c2ncnc3c2CCCC3)C1. The highest BCUT2D eigenvalue weighted by Crippen LogP contribution is 2.33. The van der Waals surface area contributed by atoms with Gasteiger partial charge in [-0.3, -0.25) is 4.79 Å². The summed E-state index contributed by atoms with van der Waals surface area (Å²) in [6.45, 7) is 3.40. The number of fused-ring (bicyclic) bond motifs is 1. The molecule has 1 atom stereocenters. The molecule has 1 aliphatic carbocycles. The number of aliphatic carboxylic acids is 1. The van der Waals surface area contributed by atoms with E-state index >= 15 is 0 Å². The Labute approximate surface area is 112 Å². The number of anilines is 1. The molecule has 3 rings (SSSR count).